The van der Waals surface area contributed by atoms with Gasteiger partial charge in [-0.15, -0.1) is 0 Å². The van der Waals surface area contributed by atoms with Crippen LogP contribution in [-0.4, -0.2) is 45.7 Å². The number of hydrogen-bond donors (Lipinski definition) is 1. The summed E-state index contributed by atoms with van der Waals surface area (Å²) in [4.78, 5) is 18.5. The van der Waals surface area contributed by atoms with Gasteiger partial charge < -0.3 is 19.2 Å². The number of amides is 1. The first-order valence-electron chi connectivity index (χ1n) is 9.06. The third-order valence-corrected chi connectivity index (χ3v) is 4.18. The van der Waals surface area contributed by atoms with Gasteiger partial charge >= 0.3 is 0 Å². The third-order valence-electron chi connectivity index (χ3n) is 4.18. The summed E-state index contributed by atoms with van der Waals surface area (Å²) in [7, 11) is 0. The summed E-state index contributed by atoms with van der Waals surface area (Å²) in [6.07, 6.45) is 5.31. The lowest BCUT2D eigenvalue weighted by Crippen LogP contribution is -2.43. The number of carbonyl (C=O) groups is 1. The van der Waals surface area contributed by atoms with Crippen molar-refractivity contribution in [1.82, 2.24) is 9.88 Å². The second-order valence-electron chi connectivity index (χ2n) is 7.16. The van der Waals surface area contributed by atoms with E-state index in [2.05, 4.69) is 16.8 Å². The van der Waals surface area contributed by atoms with Gasteiger partial charge in [0.1, 0.15) is 5.60 Å². The van der Waals surface area contributed by atoms with Gasteiger partial charge in [-0.25, -0.2) is 0 Å². The van der Waals surface area contributed by atoms with Crippen molar-refractivity contribution in [2.75, 3.05) is 13.1 Å². The van der Waals surface area contributed by atoms with Crippen molar-refractivity contribution in [1.29, 1.82) is 0 Å². The van der Waals surface area contributed by atoms with Crippen molar-refractivity contribution >= 4 is 5.91 Å². The maximum Gasteiger partial charge on any atom is 0.289 e. The highest BCUT2D eigenvalue weighted by atomic mass is 16.5. The molecule has 0 aromatic carbocycles. The standard InChI is InChI=1S/C21H24N2O4/c1-21(2,25)10-9-17-7-8-19(27-17)20(24)23-12-4-6-18(14-23)26-15-16-5-3-11-22-13-16/h3,5,7-8,11,13,18,25H,4,6,12,14-15H2,1-2H3/t18-/m0/s1. The minimum atomic E-state index is -1.11. The van der Waals surface area contributed by atoms with Crippen LogP contribution in [0.15, 0.2) is 41.1 Å². The van der Waals surface area contributed by atoms with Gasteiger partial charge in [0.2, 0.25) is 0 Å². The van der Waals surface area contributed by atoms with Crippen LogP contribution in [0.3, 0.4) is 0 Å². The van der Waals surface area contributed by atoms with Crippen molar-refractivity contribution in [2.24, 2.45) is 0 Å². The Kier molecular flexibility index (Phi) is 5.94. The maximum atomic E-state index is 12.7. The summed E-state index contributed by atoms with van der Waals surface area (Å²) in [5.74, 6) is 5.86. The van der Waals surface area contributed by atoms with E-state index in [-0.39, 0.29) is 17.8 Å². The van der Waals surface area contributed by atoms with Crippen LogP contribution < -0.4 is 0 Å². The number of carbonyl (C=O) groups excluding carboxylic acids is 1. The second-order valence-corrected chi connectivity index (χ2v) is 7.16. The third kappa shape index (κ3) is 5.68. The summed E-state index contributed by atoms with van der Waals surface area (Å²) in [5.41, 5.74) is -0.0927. The number of ether oxygens (including phenoxy) is 1. The van der Waals surface area contributed by atoms with E-state index in [9.17, 15) is 9.90 Å². The van der Waals surface area contributed by atoms with Crippen LogP contribution >= 0.6 is 0 Å². The largest absolute Gasteiger partial charge is 0.443 e. The van der Waals surface area contributed by atoms with E-state index in [4.69, 9.17) is 9.15 Å². The van der Waals surface area contributed by atoms with Gasteiger partial charge in [0.15, 0.2) is 11.5 Å². The number of aromatic nitrogens is 1. The number of nitrogens with zero attached hydrogens (tertiary/aromatic N) is 2. The van der Waals surface area contributed by atoms with Gasteiger partial charge in [-0.05, 0) is 56.4 Å². The number of piperidine rings is 1. The zero-order valence-corrected chi connectivity index (χ0v) is 15.6. The average Bonchev–Trinajstić information content (AvgIpc) is 3.14. The zero-order valence-electron chi connectivity index (χ0n) is 15.6. The SMILES string of the molecule is CC(C)(O)C#Cc1ccc(C(=O)N2CCC[C@H](OCc3cccnc3)C2)o1. The molecule has 1 amide bonds. The molecule has 1 saturated heterocycles. The van der Waals surface area contributed by atoms with Crippen LogP contribution in [0.1, 0.15) is 48.6 Å². The zero-order chi connectivity index (χ0) is 19.3. The normalized spacial score (nSPS) is 17.3. The van der Waals surface area contributed by atoms with Gasteiger partial charge in [0.05, 0.1) is 12.7 Å². The van der Waals surface area contributed by atoms with Crippen LogP contribution in [-0.2, 0) is 11.3 Å². The highest BCUT2D eigenvalue weighted by Gasteiger charge is 2.26. The molecular formula is C21H24N2O4. The minimum Gasteiger partial charge on any atom is -0.443 e. The Labute approximate surface area is 159 Å². The molecule has 1 fully saturated rings. The molecule has 1 atom stereocenters. The predicted molar refractivity (Wildman–Crippen MR) is 99.8 cm³/mol. The van der Waals surface area contributed by atoms with E-state index in [1.54, 1.807) is 43.3 Å². The monoisotopic (exact) mass is 368 g/mol. The molecule has 0 spiro atoms. The highest BCUT2D eigenvalue weighted by Crippen LogP contribution is 2.18. The number of furan rings is 1. The Morgan fingerprint density at radius 1 is 1.44 bits per heavy atom. The molecule has 27 heavy (non-hydrogen) atoms. The number of pyridine rings is 1. The molecule has 0 radical (unpaired) electrons. The van der Waals surface area contributed by atoms with Crippen LogP contribution in [0.4, 0.5) is 0 Å². The van der Waals surface area contributed by atoms with Gasteiger partial charge in [0.25, 0.3) is 5.91 Å². The molecule has 2 aromatic rings. The first kappa shape index (κ1) is 19.2. The first-order valence-corrected chi connectivity index (χ1v) is 9.06. The van der Waals surface area contributed by atoms with E-state index in [0.29, 0.717) is 25.5 Å². The highest BCUT2D eigenvalue weighted by molar-refractivity contribution is 5.91. The average molecular weight is 368 g/mol. The van der Waals surface area contributed by atoms with Crippen LogP contribution in [0, 0.1) is 11.8 Å². The lowest BCUT2D eigenvalue weighted by atomic mass is 10.1. The van der Waals surface area contributed by atoms with Crippen molar-refractivity contribution in [2.45, 2.75) is 45.0 Å². The van der Waals surface area contributed by atoms with Crippen molar-refractivity contribution in [3.05, 3.63) is 53.7 Å². The van der Waals surface area contributed by atoms with Crippen molar-refractivity contribution in [3.63, 3.8) is 0 Å². The molecule has 2 aromatic heterocycles. The number of likely N-dealkylation sites (tertiary alicyclic amines) is 1. The molecule has 1 N–H and O–H groups in total. The van der Waals surface area contributed by atoms with Crippen LogP contribution in [0.5, 0.6) is 0 Å². The molecule has 1 aliphatic rings. The quantitative estimate of drug-likeness (QED) is 0.840. The van der Waals surface area contributed by atoms with E-state index in [1.807, 2.05) is 12.1 Å². The Balaban J connectivity index is 1.58. The molecule has 3 heterocycles. The molecule has 6 heteroatoms. The summed E-state index contributed by atoms with van der Waals surface area (Å²) in [6.45, 7) is 4.88. The summed E-state index contributed by atoms with van der Waals surface area (Å²) < 4.78 is 11.5. The predicted octanol–water partition coefficient (Wildman–Crippen LogP) is 2.62. The summed E-state index contributed by atoms with van der Waals surface area (Å²) >= 11 is 0. The van der Waals surface area contributed by atoms with Gasteiger partial charge in [-0.1, -0.05) is 12.0 Å². The number of hydrogen-bond acceptors (Lipinski definition) is 5. The fourth-order valence-electron chi connectivity index (χ4n) is 2.85. The summed E-state index contributed by atoms with van der Waals surface area (Å²) in [5, 5.41) is 9.65. The summed E-state index contributed by atoms with van der Waals surface area (Å²) in [6, 6.07) is 7.12. The van der Waals surface area contributed by atoms with Gasteiger partial charge in [-0.3, -0.25) is 9.78 Å². The minimum absolute atomic E-state index is 0.00711. The maximum absolute atomic E-state index is 12.7. The Morgan fingerprint density at radius 3 is 3.04 bits per heavy atom. The Bertz CT molecular complexity index is 827. The van der Waals surface area contributed by atoms with Crippen molar-refractivity contribution in [3.8, 4) is 11.8 Å². The van der Waals surface area contributed by atoms with Crippen LogP contribution in [0.2, 0.25) is 0 Å². The molecule has 0 aliphatic carbocycles. The fourth-order valence-corrected chi connectivity index (χ4v) is 2.85. The molecule has 3 rings (SSSR count). The second kappa shape index (κ2) is 8.38. The van der Waals surface area contributed by atoms with E-state index in [1.165, 1.54) is 0 Å². The smallest absolute Gasteiger partial charge is 0.289 e. The Hall–Kier alpha value is -2.62. The fraction of sp³-hybridized carbons (Fsp3) is 0.429. The molecule has 0 bridgehead atoms. The number of rotatable bonds is 4. The molecule has 142 valence electrons. The molecule has 1 aliphatic heterocycles. The lowest BCUT2D eigenvalue weighted by Gasteiger charge is -2.32. The molecule has 0 unspecified atom stereocenters. The Morgan fingerprint density at radius 2 is 2.30 bits per heavy atom. The van der Waals surface area contributed by atoms with Gasteiger partial charge in [0, 0.05) is 25.5 Å². The van der Waals surface area contributed by atoms with Gasteiger partial charge in [-0.2, -0.15) is 0 Å². The van der Waals surface area contributed by atoms with E-state index >= 15 is 0 Å². The number of aliphatic hydroxyl groups is 1. The first-order chi connectivity index (χ1) is 12.9. The van der Waals surface area contributed by atoms with Crippen molar-refractivity contribution < 1.29 is 19.1 Å². The van der Waals surface area contributed by atoms with E-state index in [0.717, 1.165) is 18.4 Å². The molecule has 0 saturated carbocycles. The lowest BCUT2D eigenvalue weighted by molar-refractivity contribution is -0.00762. The van der Waals surface area contributed by atoms with Crippen LogP contribution in [0.25, 0.3) is 0 Å². The molecular weight excluding hydrogens is 344 g/mol. The molecule has 6 nitrogen and oxygen atoms in total. The topological polar surface area (TPSA) is 75.8 Å². The van der Waals surface area contributed by atoms with E-state index < -0.39 is 5.60 Å².